The van der Waals surface area contributed by atoms with Crippen LogP contribution in [0.5, 0.6) is 0 Å². The zero-order valence-electron chi connectivity index (χ0n) is 9.47. The summed E-state index contributed by atoms with van der Waals surface area (Å²) in [4.78, 5) is 0. The number of ether oxygens (including phenoxy) is 1. The number of rotatable bonds is 7. The molecule has 0 bridgehead atoms. The van der Waals surface area contributed by atoms with E-state index in [1.54, 1.807) is 0 Å². The normalized spacial score (nSPS) is 14.5. The first-order chi connectivity index (χ1) is 6.05. The summed E-state index contributed by atoms with van der Waals surface area (Å²) in [6.45, 7) is 8.59. The molecule has 1 N–H and O–H groups in total. The standard InChI is InChI=1S/C11H24O2/c1-5-7-10(9-12)13-11(3,4)8-6-2/h10,12H,5-9H2,1-4H3. The molecule has 2 nitrogen and oxygen atoms in total. The van der Waals surface area contributed by atoms with E-state index in [-0.39, 0.29) is 18.3 Å². The molecule has 0 aliphatic carbocycles. The largest absolute Gasteiger partial charge is 0.394 e. The van der Waals surface area contributed by atoms with Crippen LogP contribution < -0.4 is 0 Å². The number of aliphatic hydroxyl groups excluding tert-OH is 1. The molecule has 0 aromatic rings. The van der Waals surface area contributed by atoms with Crippen molar-refractivity contribution in [3.63, 3.8) is 0 Å². The van der Waals surface area contributed by atoms with Crippen LogP contribution in [0.1, 0.15) is 53.4 Å². The van der Waals surface area contributed by atoms with Gasteiger partial charge in [-0.15, -0.1) is 0 Å². The van der Waals surface area contributed by atoms with Crippen molar-refractivity contribution in [3.05, 3.63) is 0 Å². The minimum Gasteiger partial charge on any atom is -0.394 e. The Balaban J connectivity index is 3.89. The van der Waals surface area contributed by atoms with E-state index < -0.39 is 0 Å². The van der Waals surface area contributed by atoms with Crippen LogP contribution in [-0.4, -0.2) is 23.4 Å². The molecule has 13 heavy (non-hydrogen) atoms. The van der Waals surface area contributed by atoms with Gasteiger partial charge in [-0.05, 0) is 26.7 Å². The summed E-state index contributed by atoms with van der Waals surface area (Å²) in [6, 6.07) is 0. The molecule has 0 radical (unpaired) electrons. The Kier molecular flexibility index (Phi) is 6.35. The van der Waals surface area contributed by atoms with E-state index in [1.165, 1.54) is 0 Å². The molecule has 0 amide bonds. The van der Waals surface area contributed by atoms with Crippen molar-refractivity contribution in [1.82, 2.24) is 0 Å². The summed E-state index contributed by atoms with van der Waals surface area (Å²) in [7, 11) is 0. The van der Waals surface area contributed by atoms with Gasteiger partial charge in [0.15, 0.2) is 0 Å². The molecule has 0 rings (SSSR count). The van der Waals surface area contributed by atoms with Crippen molar-refractivity contribution < 1.29 is 9.84 Å². The van der Waals surface area contributed by atoms with Crippen LogP contribution in [0.4, 0.5) is 0 Å². The summed E-state index contributed by atoms with van der Waals surface area (Å²) < 4.78 is 5.82. The molecular weight excluding hydrogens is 164 g/mol. The van der Waals surface area contributed by atoms with Gasteiger partial charge in [-0.3, -0.25) is 0 Å². The average Bonchev–Trinajstić information content (AvgIpc) is 2.03. The lowest BCUT2D eigenvalue weighted by atomic mass is 10.0. The maximum Gasteiger partial charge on any atom is 0.0812 e. The Morgan fingerprint density at radius 3 is 2.23 bits per heavy atom. The van der Waals surface area contributed by atoms with E-state index in [1.807, 2.05) is 0 Å². The molecule has 1 atom stereocenters. The third-order valence-electron chi connectivity index (χ3n) is 2.15. The minimum absolute atomic E-state index is 0.0200. The van der Waals surface area contributed by atoms with Crippen molar-refractivity contribution in [2.75, 3.05) is 6.61 Å². The second kappa shape index (κ2) is 6.39. The Hall–Kier alpha value is -0.0800. The molecule has 0 aliphatic rings. The molecule has 0 spiro atoms. The summed E-state index contributed by atoms with van der Waals surface area (Å²) in [5.41, 5.74) is -0.0860. The highest BCUT2D eigenvalue weighted by atomic mass is 16.5. The monoisotopic (exact) mass is 188 g/mol. The van der Waals surface area contributed by atoms with Crippen molar-refractivity contribution in [2.24, 2.45) is 0 Å². The molecule has 80 valence electrons. The molecule has 0 aromatic heterocycles. The summed E-state index contributed by atoms with van der Waals surface area (Å²) >= 11 is 0. The Labute approximate surface area is 82.3 Å². The fourth-order valence-electron chi connectivity index (χ4n) is 1.62. The maximum absolute atomic E-state index is 9.06. The molecule has 0 saturated carbocycles. The maximum atomic E-state index is 9.06. The third kappa shape index (κ3) is 6.05. The second-order valence-corrected chi connectivity index (χ2v) is 4.22. The van der Waals surface area contributed by atoms with E-state index in [9.17, 15) is 0 Å². The predicted molar refractivity (Wildman–Crippen MR) is 55.9 cm³/mol. The Bertz CT molecular complexity index is 121. The number of hydrogen-bond acceptors (Lipinski definition) is 2. The summed E-state index contributed by atoms with van der Waals surface area (Å²) in [6.07, 6.45) is 4.20. The zero-order chi connectivity index (χ0) is 10.3. The molecule has 2 heteroatoms. The van der Waals surface area contributed by atoms with Crippen LogP contribution >= 0.6 is 0 Å². The molecular formula is C11H24O2. The van der Waals surface area contributed by atoms with Gasteiger partial charge in [-0.1, -0.05) is 26.7 Å². The smallest absolute Gasteiger partial charge is 0.0812 e. The highest BCUT2D eigenvalue weighted by molar-refractivity contribution is 4.70. The first kappa shape index (κ1) is 12.9. The fourth-order valence-corrected chi connectivity index (χ4v) is 1.62. The van der Waals surface area contributed by atoms with Gasteiger partial charge in [0.1, 0.15) is 0 Å². The first-order valence-corrected chi connectivity index (χ1v) is 5.34. The zero-order valence-corrected chi connectivity index (χ0v) is 9.47. The first-order valence-electron chi connectivity index (χ1n) is 5.34. The lowest BCUT2D eigenvalue weighted by Gasteiger charge is -2.29. The van der Waals surface area contributed by atoms with Gasteiger partial charge in [0.05, 0.1) is 18.3 Å². The third-order valence-corrected chi connectivity index (χ3v) is 2.15. The van der Waals surface area contributed by atoms with E-state index in [0.29, 0.717) is 0 Å². The van der Waals surface area contributed by atoms with Crippen LogP contribution in [0.15, 0.2) is 0 Å². The molecule has 0 saturated heterocycles. The lowest BCUT2D eigenvalue weighted by Crippen LogP contribution is -2.32. The molecule has 0 heterocycles. The van der Waals surface area contributed by atoms with Crippen LogP contribution in [0.25, 0.3) is 0 Å². The lowest BCUT2D eigenvalue weighted by molar-refractivity contribution is -0.0970. The van der Waals surface area contributed by atoms with E-state index in [0.717, 1.165) is 25.7 Å². The van der Waals surface area contributed by atoms with Crippen molar-refractivity contribution >= 4 is 0 Å². The molecule has 0 aliphatic heterocycles. The van der Waals surface area contributed by atoms with Gasteiger partial charge in [0.2, 0.25) is 0 Å². The predicted octanol–water partition coefficient (Wildman–Crippen LogP) is 2.74. The van der Waals surface area contributed by atoms with Gasteiger partial charge in [-0.2, -0.15) is 0 Å². The van der Waals surface area contributed by atoms with Gasteiger partial charge >= 0.3 is 0 Å². The fraction of sp³-hybridized carbons (Fsp3) is 1.00. The quantitative estimate of drug-likeness (QED) is 0.665. The average molecular weight is 188 g/mol. The second-order valence-electron chi connectivity index (χ2n) is 4.22. The van der Waals surface area contributed by atoms with Gasteiger partial charge in [-0.25, -0.2) is 0 Å². The SMILES string of the molecule is CCCC(CO)OC(C)(C)CCC. The van der Waals surface area contributed by atoms with Crippen molar-refractivity contribution in [3.8, 4) is 0 Å². The molecule has 0 aromatic carbocycles. The number of aliphatic hydroxyl groups is 1. The number of hydrogen-bond donors (Lipinski definition) is 1. The van der Waals surface area contributed by atoms with Gasteiger partial charge < -0.3 is 9.84 Å². The Morgan fingerprint density at radius 1 is 1.23 bits per heavy atom. The van der Waals surface area contributed by atoms with Crippen LogP contribution in [0, 0.1) is 0 Å². The van der Waals surface area contributed by atoms with Crippen molar-refractivity contribution in [2.45, 2.75) is 65.1 Å². The van der Waals surface area contributed by atoms with E-state index >= 15 is 0 Å². The molecule has 1 unspecified atom stereocenters. The topological polar surface area (TPSA) is 29.5 Å². The van der Waals surface area contributed by atoms with Gasteiger partial charge in [0, 0.05) is 0 Å². The van der Waals surface area contributed by atoms with Gasteiger partial charge in [0.25, 0.3) is 0 Å². The summed E-state index contributed by atoms with van der Waals surface area (Å²) in [5, 5.41) is 9.06. The van der Waals surface area contributed by atoms with Crippen LogP contribution in [0.2, 0.25) is 0 Å². The van der Waals surface area contributed by atoms with Crippen molar-refractivity contribution in [1.29, 1.82) is 0 Å². The highest BCUT2D eigenvalue weighted by Gasteiger charge is 2.21. The van der Waals surface area contributed by atoms with Crippen LogP contribution in [-0.2, 0) is 4.74 Å². The highest BCUT2D eigenvalue weighted by Crippen LogP contribution is 2.20. The van der Waals surface area contributed by atoms with E-state index in [2.05, 4.69) is 27.7 Å². The Morgan fingerprint density at radius 2 is 1.85 bits per heavy atom. The minimum atomic E-state index is -0.0860. The van der Waals surface area contributed by atoms with Crippen LogP contribution in [0.3, 0.4) is 0 Å². The van der Waals surface area contributed by atoms with E-state index in [4.69, 9.17) is 9.84 Å². The molecule has 0 fully saturated rings. The summed E-state index contributed by atoms with van der Waals surface area (Å²) in [5.74, 6) is 0.